The van der Waals surface area contributed by atoms with E-state index >= 15 is 0 Å². The van der Waals surface area contributed by atoms with Crippen molar-refractivity contribution >= 4 is 0 Å². The van der Waals surface area contributed by atoms with Gasteiger partial charge in [0.2, 0.25) is 0 Å². The zero-order chi connectivity index (χ0) is 6.57. The molecular weight excluding hydrogens is 185 g/mol. The van der Waals surface area contributed by atoms with Crippen molar-refractivity contribution in [2.24, 2.45) is 0 Å². The Hall–Kier alpha value is 0.324. The number of hydrogen-bond donors (Lipinski definition) is 0. The molecule has 0 aromatic heterocycles. The Kier molecular flexibility index (Phi) is 8.62. The largest absolute Gasteiger partial charge is 0.304 e. The quantitative estimate of drug-likeness (QED) is 0.447. The van der Waals surface area contributed by atoms with Gasteiger partial charge in [-0.1, -0.05) is 0 Å². The fourth-order valence-corrected chi connectivity index (χ4v) is 0.371. The third-order valence-corrected chi connectivity index (χ3v) is 1.11. The van der Waals surface area contributed by atoms with Gasteiger partial charge in [0.15, 0.2) is 0 Å². The van der Waals surface area contributed by atoms with Gasteiger partial charge >= 0.3 is 0 Å². The second-order valence-corrected chi connectivity index (χ2v) is 1.63. The molecule has 0 aliphatic carbocycles. The molecule has 1 heteroatoms. The fourth-order valence-electron chi connectivity index (χ4n) is 0.371. The van der Waals surface area contributed by atoms with Gasteiger partial charge in [-0.2, -0.15) is 0 Å². The summed E-state index contributed by atoms with van der Waals surface area (Å²) in [6, 6.07) is 0. The molecule has 49 valence electrons. The molecule has 0 amide bonds. The monoisotopic (exact) mass is 197 g/mol. The second kappa shape index (κ2) is 6.44. The van der Waals surface area contributed by atoms with Crippen LogP contribution < -0.4 is 0 Å². The van der Waals surface area contributed by atoms with E-state index in [-0.39, 0.29) is 32.7 Å². The van der Waals surface area contributed by atoms with E-state index in [4.69, 9.17) is 0 Å². The van der Waals surface area contributed by atoms with Crippen LogP contribution in [0.3, 0.4) is 0 Å². The Balaban J connectivity index is 0. The van der Waals surface area contributed by atoms with Gasteiger partial charge in [-0.05, 0) is 0 Å². The van der Waals surface area contributed by atoms with Crippen LogP contribution in [-0.2, 0) is 32.7 Å². The number of rotatable bonds is 1. The van der Waals surface area contributed by atoms with Gasteiger partial charge in [-0.15, -0.1) is 13.8 Å². The van der Waals surface area contributed by atoms with Gasteiger partial charge in [-0.25, -0.2) is 12.2 Å². The van der Waals surface area contributed by atoms with Crippen LogP contribution in [0.4, 0.5) is 0 Å². The zero-order valence-corrected chi connectivity index (χ0v) is 8.98. The topological polar surface area (TPSA) is 0 Å². The summed E-state index contributed by atoms with van der Waals surface area (Å²) in [5.74, 6) is 0. The summed E-state index contributed by atoms with van der Waals surface area (Å²) in [5.41, 5.74) is 2.01. The van der Waals surface area contributed by atoms with Crippen LogP contribution in [0.1, 0.15) is 13.8 Å². The molecule has 0 spiro atoms. The van der Waals surface area contributed by atoms with Crippen LogP contribution in [-0.4, -0.2) is 0 Å². The molecule has 0 rings (SSSR count). The molecule has 9 heavy (non-hydrogen) atoms. The van der Waals surface area contributed by atoms with E-state index in [1.807, 2.05) is 26.0 Å². The van der Waals surface area contributed by atoms with Crippen LogP contribution in [0.25, 0.3) is 0 Å². The van der Waals surface area contributed by atoms with Crippen LogP contribution in [0.15, 0.2) is 23.3 Å². The minimum absolute atomic E-state index is 0. The minimum Gasteiger partial charge on any atom is -0.304 e. The van der Waals surface area contributed by atoms with Crippen molar-refractivity contribution in [2.45, 2.75) is 13.8 Å². The summed E-state index contributed by atoms with van der Waals surface area (Å²) >= 11 is 0. The van der Waals surface area contributed by atoms with E-state index in [9.17, 15) is 0 Å². The fraction of sp³-hybridized carbons (Fsp3) is 0.250. The molecule has 0 heterocycles. The summed E-state index contributed by atoms with van der Waals surface area (Å²) in [5, 5.41) is 0. The van der Waals surface area contributed by atoms with Crippen LogP contribution in [0.5, 0.6) is 0 Å². The molecule has 0 unspecified atom stereocenters. The molecule has 0 aromatic carbocycles. The first-order valence-electron chi connectivity index (χ1n) is 2.69. The molecule has 0 fully saturated rings. The molecule has 1 radical (unpaired) electrons. The molecule has 0 saturated carbocycles. The van der Waals surface area contributed by atoms with Crippen molar-refractivity contribution < 1.29 is 32.7 Å². The first kappa shape index (κ1) is 12.0. The Labute approximate surface area is 83.3 Å². The van der Waals surface area contributed by atoms with E-state index in [1.165, 1.54) is 0 Å². The molecule has 0 bridgehead atoms. The normalized spacial score (nSPS) is 12.7. The first-order valence-corrected chi connectivity index (χ1v) is 2.69. The molecule has 0 aliphatic heterocycles. The van der Waals surface area contributed by atoms with Gasteiger partial charge in [0.25, 0.3) is 0 Å². The Morgan fingerprint density at radius 2 is 1.22 bits per heavy atom. The van der Waals surface area contributed by atoms with Crippen molar-refractivity contribution in [1.29, 1.82) is 0 Å². The maximum Gasteiger partial charge on any atom is 0 e. The molecule has 0 saturated heterocycles. The SMILES string of the molecule is [CH2-]C(=C/C)/C([CH2-])=C\C.[Y]. The smallest absolute Gasteiger partial charge is 0 e. The van der Waals surface area contributed by atoms with Crippen molar-refractivity contribution in [3.05, 3.63) is 37.1 Å². The maximum absolute atomic E-state index is 3.76. The van der Waals surface area contributed by atoms with E-state index in [0.717, 1.165) is 11.1 Å². The standard InChI is InChI=1S/C8H12.Y/c1-5-7(3)8(4)6-2;/h5-6H,3-4H2,1-2H3;/q-2;/b7-5-,8-6-;. The van der Waals surface area contributed by atoms with E-state index < -0.39 is 0 Å². The second-order valence-electron chi connectivity index (χ2n) is 1.63. The van der Waals surface area contributed by atoms with E-state index in [0.29, 0.717) is 0 Å². The van der Waals surface area contributed by atoms with Crippen molar-refractivity contribution in [3.8, 4) is 0 Å². The van der Waals surface area contributed by atoms with Gasteiger partial charge in [0.05, 0.1) is 0 Å². The molecule has 0 aromatic rings. The zero-order valence-electron chi connectivity index (χ0n) is 6.15. The predicted molar refractivity (Wildman–Crippen MR) is 38.2 cm³/mol. The van der Waals surface area contributed by atoms with Gasteiger partial charge in [0, 0.05) is 32.7 Å². The molecule has 0 atom stereocenters. The van der Waals surface area contributed by atoms with Gasteiger partial charge in [-0.3, -0.25) is 13.8 Å². The third-order valence-electron chi connectivity index (χ3n) is 1.11. The molecule has 0 nitrogen and oxygen atoms in total. The van der Waals surface area contributed by atoms with Gasteiger partial charge in [0.1, 0.15) is 0 Å². The van der Waals surface area contributed by atoms with Crippen molar-refractivity contribution in [2.75, 3.05) is 0 Å². The van der Waals surface area contributed by atoms with Crippen LogP contribution >= 0.6 is 0 Å². The molecule has 0 N–H and O–H groups in total. The predicted octanol–water partition coefficient (Wildman–Crippen LogP) is 2.54. The van der Waals surface area contributed by atoms with E-state index in [1.54, 1.807) is 0 Å². The third kappa shape index (κ3) is 4.80. The number of allylic oxidation sites excluding steroid dienone is 4. The molecule has 0 aliphatic rings. The van der Waals surface area contributed by atoms with Crippen molar-refractivity contribution in [3.63, 3.8) is 0 Å². The minimum atomic E-state index is 0. The average molecular weight is 197 g/mol. The van der Waals surface area contributed by atoms with Gasteiger partial charge < -0.3 is 11.1 Å². The average Bonchev–Trinajstić information content (AvgIpc) is 1.84. The summed E-state index contributed by atoms with van der Waals surface area (Å²) in [6.07, 6.45) is 3.89. The Morgan fingerprint density at radius 1 is 1.00 bits per heavy atom. The van der Waals surface area contributed by atoms with Crippen LogP contribution in [0, 0.1) is 13.8 Å². The Morgan fingerprint density at radius 3 is 1.33 bits per heavy atom. The first-order chi connectivity index (χ1) is 3.72. The maximum atomic E-state index is 3.76. The summed E-state index contributed by atoms with van der Waals surface area (Å²) in [7, 11) is 0. The van der Waals surface area contributed by atoms with Crippen molar-refractivity contribution in [1.82, 2.24) is 0 Å². The Bertz CT molecular complexity index is 105. The summed E-state index contributed by atoms with van der Waals surface area (Å²) < 4.78 is 0. The van der Waals surface area contributed by atoms with E-state index in [2.05, 4.69) is 13.8 Å². The summed E-state index contributed by atoms with van der Waals surface area (Å²) in [4.78, 5) is 0. The summed E-state index contributed by atoms with van der Waals surface area (Å²) in [6.45, 7) is 11.4. The number of hydrogen-bond acceptors (Lipinski definition) is 0. The molecular formula is C8H12Y-2. The van der Waals surface area contributed by atoms with Crippen LogP contribution in [0.2, 0.25) is 0 Å².